The molecule has 0 bridgehead atoms. The number of carbonyl (C=O) groups is 1. The highest BCUT2D eigenvalue weighted by Crippen LogP contribution is 2.35. The van der Waals surface area contributed by atoms with E-state index in [2.05, 4.69) is 31.4 Å². The number of halogens is 1. The summed E-state index contributed by atoms with van der Waals surface area (Å²) >= 11 is 4.75. The molecule has 0 spiro atoms. The number of anilines is 1. The fourth-order valence-corrected chi connectivity index (χ4v) is 4.50. The summed E-state index contributed by atoms with van der Waals surface area (Å²) in [7, 11) is 0. The van der Waals surface area contributed by atoms with Gasteiger partial charge in [-0.3, -0.25) is 10.1 Å². The molecule has 0 unspecified atom stereocenters. The standard InChI is InChI=1S/C18H16BrN3O3S/c19-12-6-7-14-11(8-12)9-13(17(24)25-14)15(23)20-18-22-21-16(26-18)10-4-2-1-3-5-10/h6-10H,1-5H2,(H,20,22,23). The van der Waals surface area contributed by atoms with Crippen molar-refractivity contribution >= 4 is 49.3 Å². The minimum absolute atomic E-state index is 0.0509. The molecule has 2 heterocycles. The molecule has 1 aliphatic rings. The van der Waals surface area contributed by atoms with Gasteiger partial charge in [0.15, 0.2) is 0 Å². The minimum Gasteiger partial charge on any atom is -0.422 e. The number of aromatic nitrogens is 2. The van der Waals surface area contributed by atoms with Gasteiger partial charge in [-0.2, -0.15) is 0 Å². The Morgan fingerprint density at radius 3 is 2.81 bits per heavy atom. The number of hydrogen-bond acceptors (Lipinski definition) is 6. The highest BCUT2D eigenvalue weighted by molar-refractivity contribution is 9.10. The maximum atomic E-state index is 12.5. The Labute approximate surface area is 161 Å². The third kappa shape index (κ3) is 3.57. The zero-order valence-electron chi connectivity index (χ0n) is 13.8. The lowest BCUT2D eigenvalue weighted by molar-refractivity contribution is 0.102. The number of amides is 1. The average molecular weight is 434 g/mol. The predicted octanol–water partition coefficient (Wildman–Crippen LogP) is 4.71. The maximum Gasteiger partial charge on any atom is 0.349 e. The summed E-state index contributed by atoms with van der Waals surface area (Å²) in [5.74, 6) is -0.109. The summed E-state index contributed by atoms with van der Waals surface area (Å²) in [6.45, 7) is 0. The first kappa shape index (κ1) is 17.4. The monoisotopic (exact) mass is 433 g/mol. The van der Waals surface area contributed by atoms with Crippen molar-refractivity contribution in [3.63, 3.8) is 0 Å². The van der Waals surface area contributed by atoms with Crippen molar-refractivity contribution in [2.24, 2.45) is 0 Å². The molecular formula is C18H16BrN3O3S. The molecule has 1 saturated carbocycles. The van der Waals surface area contributed by atoms with Crippen molar-refractivity contribution in [2.45, 2.75) is 38.0 Å². The largest absolute Gasteiger partial charge is 0.422 e. The predicted molar refractivity (Wildman–Crippen MR) is 104 cm³/mol. The van der Waals surface area contributed by atoms with Crippen LogP contribution in [0.5, 0.6) is 0 Å². The molecule has 8 heteroatoms. The van der Waals surface area contributed by atoms with Crippen LogP contribution in [0.3, 0.4) is 0 Å². The van der Waals surface area contributed by atoms with Crippen LogP contribution in [-0.2, 0) is 0 Å². The van der Waals surface area contributed by atoms with Crippen LogP contribution in [0, 0.1) is 0 Å². The topological polar surface area (TPSA) is 85.1 Å². The molecule has 4 rings (SSSR count). The summed E-state index contributed by atoms with van der Waals surface area (Å²) in [4.78, 5) is 24.6. The highest BCUT2D eigenvalue weighted by atomic mass is 79.9. The first-order chi connectivity index (χ1) is 12.6. The third-order valence-corrected chi connectivity index (χ3v) is 6.05. The number of hydrogen-bond donors (Lipinski definition) is 1. The quantitative estimate of drug-likeness (QED) is 0.604. The summed E-state index contributed by atoms with van der Waals surface area (Å²) in [5.41, 5.74) is -0.287. The van der Waals surface area contributed by atoms with E-state index >= 15 is 0 Å². The van der Waals surface area contributed by atoms with E-state index in [1.54, 1.807) is 18.2 Å². The van der Waals surface area contributed by atoms with E-state index in [0.29, 0.717) is 22.0 Å². The molecule has 0 atom stereocenters. The Hall–Kier alpha value is -2.06. The first-order valence-electron chi connectivity index (χ1n) is 8.48. The van der Waals surface area contributed by atoms with Crippen LogP contribution in [0.2, 0.25) is 0 Å². The summed E-state index contributed by atoms with van der Waals surface area (Å²) < 4.78 is 6.08. The van der Waals surface area contributed by atoms with Gasteiger partial charge in [0, 0.05) is 15.8 Å². The smallest absolute Gasteiger partial charge is 0.349 e. The molecule has 2 aromatic heterocycles. The molecule has 0 saturated heterocycles. The number of nitrogens with zero attached hydrogens (tertiary/aromatic N) is 2. The van der Waals surface area contributed by atoms with Crippen molar-refractivity contribution in [1.29, 1.82) is 0 Å². The van der Waals surface area contributed by atoms with Crippen LogP contribution in [0.25, 0.3) is 11.0 Å². The highest BCUT2D eigenvalue weighted by Gasteiger charge is 2.21. The van der Waals surface area contributed by atoms with E-state index in [9.17, 15) is 9.59 Å². The van der Waals surface area contributed by atoms with E-state index in [1.165, 1.54) is 36.7 Å². The fourth-order valence-electron chi connectivity index (χ4n) is 3.22. The van der Waals surface area contributed by atoms with Crippen molar-refractivity contribution < 1.29 is 9.21 Å². The normalized spacial score (nSPS) is 15.3. The van der Waals surface area contributed by atoms with E-state index in [0.717, 1.165) is 22.3 Å². The lowest BCUT2D eigenvalue weighted by Gasteiger charge is -2.18. The zero-order chi connectivity index (χ0) is 18.1. The lowest BCUT2D eigenvalue weighted by atomic mass is 9.90. The van der Waals surface area contributed by atoms with E-state index < -0.39 is 11.5 Å². The van der Waals surface area contributed by atoms with Gasteiger partial charge in [-0.05, 0) is 37.1 Å². The van der Waals surface area contributed by atoms with Gasteiger partial charge in [0.05, 0.1) is 0 Å². The number of carbonyl (C=O) groups excluding carboxylic acids is 1. The van der Waals surface area contributed by atoms with E-state index in [1.807, 2.05) is 0 Å². The van der Waals surface area contributed by atoms with E-state index in [4.69, 9.17) is 4.42 Å². The van der Waals surface area contributed by atoms with Crippen LogP contribution >= 0.6 is 27.3 Å². The van der Waals surface area contributed by atoms with Gasteiger partial charge in [0.2, 0.25) is 5.13 Å². The van der Waals surface area contributed by atoms with E-state index in [-0.39, 0.29) is 5.56 Å². The molecule has 1 fully saturated rings. The SMILES string of the molecule is O=C(Nc1nnc(C2CCCCC2)s1)c1cc2cc(Br)ccc2oc1=O. The number of fused-ring (bicyclic) bond motifs is 1. The number of nitrogens with one attached hydrogen (secondary N) is 1. The molecule has 0 radical (unpaired) electrons. The van der Waals surface area contributed by atoms with Gasteiger partial charge in [0.25, 0.3) is 5.91 Å². The van der Waals surface area contributed by atoms with Gasteiger partial charge in [-0.15, -0.1) is 10.2 Å². The van der Waals surface area contributed by atoms with Crippen LogP contribution in [0.1, 0.15) is 53.4 Å². The lowest BCUT2D eigenvalue weighted by Crippen LogP contribution is -2.20. The Morgan fingerprint density at radius 1 is 1.19 bits per heavy atom. The first-order valence-corrected chi connectivity index (χ1v) is 10.1. The van der Waals surface area contributed by atoms with Crippen molar-refractivity contribution in [1.82, 2.24) is 10.2 Å². The van der Waals surface area contributed by atoms with Gasteiger partial charge >= 0.3 is 5.63 Å². The molecule has 1 aromatic carbocycles. The molecule has 26 heavy (non-hydrogen) atoms. The molecule has 3 aromatic rings. The summed E-state index contributed by atoms with van der Waals surface area (Å²) in [6.07, 6.45) is 5.92. The molecular weight excluding hydrogens is 418 g/mol. The Balaban J connectivity index is 1.56. The van der Waals surface area contributed by atoms with Crippen LogP contribution in [0.4, 0.5) is 5.13 Å². The maximum absolute atomic E-state index is 12.5. The second kappa shape index (κ2) is 7.28. The zero-order valence-corrected chi connectivity index (χ0v) is 16.2. The van der Waals surface area contributed by atoms with Crippen LogP contribution in [-0.4, -0.2) is 16.1 Å². The second-order valence-corrected chi connectivity index (χ2v) is 8.29. The molecule has 0 aliphatic heterocycles. The Bertz CT molecular complexity index is 1020. The third-order valence-electron chi connectivity index (χ3n) is 4.55. The van der Waals surface area contributed by atoms with Crippen LogP contribution < -0.4 is 10.9 Å². The van der Waals surface area contributed by atoms with Crippen molar-refractivity contribution in [3.8, 4) is 0 Å². The van der Waals surface area contributed by atoms with Gasteiger partial charge in [0.1, 0.15) is 16.2 Å². The van der Waals surface area contributed by atoms with Crippen molar-refractivity contribution in [2.75, 3.05) is 5.32 Å². The second-order valence-electron chi connectivity index (χ2n) is 6.36. The summed E-state index contributed by atoms with van der Waals surface area (Å²) in [5, 5.41) is 13.0. The summed E-state index contributed by atoms with van der Waals surface area (Å²) in [6, 6.07) is 6.79. The molecule has 1 amide bonds. The minimum atomic E-state index is -0.672. The van der Waals surface area contributed by atoms with Gasteiger partial charge < -0.3 is 4.42 Å². The number of benzene rings is 1. The molecule has 1 aliphatic carbocycles. The fraction of sp³-hybridized carbons (Fsp3) is 0.333. The van der Waals surface area contributed by atoms with Gasteiger partial charge in [-0.1, -0.05) is 46.5 Å². The number of rotatable bonds is 3. The Kier molecular flexibility index (Phi) is 4.86. The average Bonchev–Trinajstić information content (AvgIpc) is 3.10. The van der Waals surface area contributed by atoms with Crippen LogP contribution in [0.15, 0.2) is 37.9 Å². The molecule has 134 valence electrons. The molecule has 1 N–H and O–H groups in total. The van der Waals surface area contributed by atoms with Crippen molar-refractivity contribution in [3.05, 3.63) is 49.7 Å². The Morgan fingerprint density at radius 2 is 2.00 bits per heavy atom. The van der Waals surface area contributed by atoms with Gasteiger partial charge in [-0.25, -0.2) is 4.79 Å². The molecule has 6 nitrogen and oxygen atoms in total.